The van der Waals surface area contributed by atoms with Gasteiger partial charge in [-0.25, -0.2) is 0 Å². The van der Waals surface area contributed by atoms with Crippen LogP contribution in [0.1, 0.15) is 49.8 Å². The third-order valence-corrected chi connectivity index (χ3v) is 4.66. The van der Waals surface area contributed by atoms with Gasteiger partial charge in [0, 0.05) is 11.6 Å². The normalized spacial score (nSPS) is 20.3. The fourth-order valence-electron chi connectivity index (χ4n) is 3.34. The average Bonchev–Trinajstić information content (AvgIpc) is 2.88. The van der Waals surface area contributed by atoms with Gasteiger partial charge in [-0.1, -0.05) is 44.0 Å². The maximum absolute atomic E-state index is 6.62. The molecule has 100 valence electrons. The zero-order chi connectivity index (χ0) is 13.2. The van der Waals surface area contributed by atoms with Crippen LogP contribution in [0.4, 0.5) is 0 Å². The van der Waals surface area contributed by atoms with Gasteiger partial charge < -0.3 is 10.6 Å². The summed E-state index contributed by atoms with van der Waals surface area (Å²) in [5.41, 5.74) is 9.46. The lowest BCUT2D eigenvalue weighted by Crippen LogP contribution is -2.50. The monoisotopic (exact) mass is 246 g/mol. The first-order chi connectivity index (χ1) is 8.60. The first-order valence-electron chi connectivity index (χ1n) is 7.12. The van der Waals surface area contributed by atoms with Crippen molar-refractivity contribution < 1.29 is 0 Å². The van der Waals surface area contributed by atoms with Crippen molar-refractivity contribution in [3.63, 3.8) is 0 Å². The van der Waals surface area contributed by atoms with Gasteiger partial charge in [-0.15, -0.1) is 0 Å². The van der Waals surface area contributed by atoms with Gasteiger partial charge >= 0.3 is 0 Å². The third-order valence-electron chi connectivity index (χ3n) is 4.66. The number of nitrogens with zero attached hydrogens (tertiary/aromatic N) is 1. The summed E-state index contributed by atoms with van der Waals surface area (Å²) in [6.07, 6.45) is 6.13. The van der Waals surface area contributed by atoms with E-state index in [2.05, 4.69) is 50.2 Å². The molecule has 1 atom stereocenters. The molecular formula is C16H26N2. The van der Waals surface area contributed by atoms with Gasteiger partial charge in [-0.3, -0.25) is 0 Å². The van der Waals surface area contributed by atoms with E-state index in [1.165, 1.54) is 36.8 Å². The first kappa shape index (κ1) is 13.6. The molecule has 0 aromatic heterocycles. The molecule has 2 N–H and O–H groups in total. The van der Waals surface area contributed by atoms with E-state index in [0.717, 1.165) is 6.42 Å². The molecule has 1 aliphatic rings. The molecule has 1 saturated carbocycles. The number of hydrogen-bond donors (Lipinski definition) is 1. The lowest BCUT2D eigenvalue weighted by molar-refractivity contribution is 0.123. The first-order valence-corrected chi connectivity index (χ1v) is 7.12. The van der Waals surface area contributed by atoms with Crippen molar-refractivity contribution in [3.8, 4) is 0 Å². The number of rotatable bonds is 4. The minimum absolute atomic E-state index is 0.126. The molecule has 1 unspecified atom stereocenters. The van der Waals surface area contributed by atoms with Crippen LogP contribution < -0.4 is 5.73 Å². The lowest BCUT2D eigenvalue weighted by Gasteiger charge is -2.41. The Kier molecular flexibility index (Phi) is 4.08. The Labute approximate surface area is 111 Å². The Bertz CT molecular complexity index is 392. The summed E-state index contributed by atoms with van der Waals surface area (Å²) in [5, 5.41) is 0. The number of aryl methyl sites for hydroxylation is 1. The summed E-state index contributed by atoms with van der Waals surface area (Å²) in [7, 11) is 4.35. The van der Waals surface area contributed by atoms with Crippen molar-refractivity contribution in [2.45, 2.75) is 50.6 Å². The zero-order valence-electron chi connectivity index (χ0n) is 11.9. The van der Waals surface area contributed by atoms with E-state index in [1.54, 1.807) is 0 Å². The SMILES string of the molecule is CCc1cccc(C(N)C2(N(C)C)CCCC2)c1. The molecule has 2 nitrogen and oxygen atoms in total. The van der Waals surface area contributed by atoms with E-state index in [4.69, 9.17) is 5.73 Å². The second-order valence-corrected chi connectivity index (χ2v) is 5.78. The molecule has 1 fully saturated rings. The lowest BCUT2D eigenvalue weighted by atomic mass is 9.82. The van der Waals surface area contributed by atoms with Gasteiger partial charge in [0.25, 0.3) is 0 Å². The summed E-state index contributed by atoms with van der Waals surface area (Å²) < 4.78 is 0. The summed E-state index contributed by atoms with van der Waals surface area (Å²) in [6, 6.07) is 8.93. The molecule has 18 heavy (non-hydrogen) atoms. The van der Waals surface area contributed by atoms with Gasteiger partial charge in [0.05, 0.1) is 0 Å². The topological polar surface area (TPSA) is 29.3 Å². The predicted octanol–water partition coefficient (Wildman–Crippen LogP) is 3.12. The largest absolute Gasteiger partial charge is 0.322 e. The highest BCUT2D eigenvalue weighted by Gasteiger charge is 2.42. The van der Waals surface area contributed by atoms with E-state index >= 15 is 0 Å². The van der Waals surface area contributed by atoms with Crippen LogP contribution in [0.2, 0.25) is 0 Å². The fourth-order valence-corrected chi connectivity index (χ4v) is 3.34. The molecular weight excluding hydrogens is 220 g/mol. The van der Waals surface area contributed by atoms with Crippen LogP contribution in [0.15, 0.2) is 24.3 Å². The van der Waals surface area contributed by atoms with Gasteiger partial charge in [-0.05, 0) is 44.5 Å². The molecule has 2 rings (SSSR count). The second kappa shape index (κ2) is 5.41. The molecule has 0 aliphatic heterocycles. The van der Waals surface area contributed by atoms with Crippen LogP contribution in [-0.2, 0) is 6.42 Å². The predicted molar refractivity (Wildman–Crippen MR) is 77.6 cm³/mol. The number of nitrogens with two attached hydrogens (primary N) is 1. The maximum Gasteiger partial charge on any atom is 0.0482 e. The third kappa shape index (κ3) is 2.32. The van der Waals surface area contributed by atoms with E-state index in [0.29, 0.717) is 0 Å². The quantitative estimate of drug-likeness (QED) is 0.884. The highest BCUT2D eigenvalue weighted by atomic mass is 15.2. The van der Waals surface area contributed by atoms with E-state index < -0.39 is 0 Å². The minimum Gasteiger partial charge on any atom is -0.322 e. The fraction of sp³-hybridized carbons (Fsp3) is 0.625. The molecule has 0 radical (unpaired) electrons. The minimum atomic E-state index is 0.126. The van der Waals surface area contributed by atoms with Crippen LogP contribution >= 0.6 is 0 Å². The number of benzene rings is 1. The highest BCUT2D eigenvalue weighted by molar-refractivity contribution is 5.29. The van der Waals surface area contributed by atoms with Crippen molar-refractivity contribution >= 4 is 0 Å². The number of hydrogen-bond acceptors (Lipinski definition) is 2. The van der Waals surface area contributed by atoms with Crippen LogP contribution in [0.3, 0.4) is 0 Å². The van der Waals surface area contributed by atoms with Gasteiger partial charge in [-0.2, -0.15) is 0 Å². The molecule has 1 aromatic rings. The molecule has 2 heteroatoms. The Hall–Kier alpha value is -0.860. The maximum atomic E-state index is 6.62. The Morgan fingerprint density at radius 3 is 2.50 bits per heavy atom. The summed E-state index contributed by atoms with van der Waals surface area (Å²) in [4.78, 5) is 2.35. The van der Waals surface area contributed by atoms with Gasteiger partial charge in [0.1, 0.15) is 0 Å². The van der Waals surface area contributed by atoms with Gasteiger partial charge in [0.2, 0.25) is 0 Å². The van der Waals surface area contributed by atoms with Crippen LogP contribution in [-0.4, -0.2) is 24.5 Å². The smallest absolute Gasteiger partial charge is 0.0482 e. The summed E-state index contributed by atoms with van der Waals surface area (Å²) >= 11 is 0. The van der Waals surface area contributed by atoms with Gasteiger partial charge in [0.15, 0.2) is 0 Å². The molecule has 0 bridgehead atoms. The Balaban J connectivity index is 2.30. The standard InChI is InChI=1S/C16H26N2/c1-4-13-8-7-9-14(12-13)15(17)16(18(2)3)10-5-6-11-16/h7-9,12,15H,4-6,10-11,17H2,1-3H3. The van der Waals surface area contributed by atoms with E-state index in [1.807, 2.05) is 0 Å². The van der Waals surface area contributed by atoms with Crippen LogP contribution in [0, 0.1) is 0 Å². The molecule has 0 saturated heterocycles. The van der Waals surface area contributed by atoms with Crippen molar-refractivity contribution in [3.05, 3.63) is 35.4 Å². The van der Waals surface area contributed by atoms with Crippen molar-refractivity contribution in [1.82, 2.24) is 4.90 Å². The van der Waals surface area contributed by atoms with E-state index in [9.17, 15) is 0 Å². The van der Waals surface area contributed by atoms with Crippen molar-refractivity contribution in [1.29, 1.82) is 0 Å². The molecule has 0 amide bonds. The zero-order valence-corrected chi connectivity index (χ0v) is 11.9. The van der Waals surface area contributed by atoms with Crippen LogP contribution in [0.5, 0.6) is 0 Å². The molecule has 0 spiro atoms. The number of likely N-dealkylation sites (N-methyl/N-ethyl adjacent to an activating group) is 1. The molecule has 1 aliphatic carbocycles. The highest BCUT2D eigenvalue weighted by Crippen LogP contribution is 2.42. The van der Waals surface area contributed by atoms with Crippen molar-refractivity contribution in [2.24, 2.45) is 5.73 Å². The van der Waals surface area contributed by atoms with Crippen LogP contribution in [0.25, 0.3) is 0 Å². The second-order valence-electron chi connectivity index (χ2n) is 5.78. The summed E-state index contributed by atoms with van der Waals surface area (Å²) in [5.74, 6) is 0. The average molecular weight is 246 g/mol. The molecule has 0 heterocycles. The molecule has 1 aromatic carbocycles. The Morgan fingerprint density at radius 1 is 1.28 bits per heavy atom. The summed E-state index contributed by atoms with van der Waals surface area (Å²) in [6.45, 7) is 2.20. The van der Waals surface area contributed by atoms with Crippen molar-refractivity contribution in [2.75, 3.05) is 14.1 Å². The Morgan fingerprint density at radius 2 is 1.94 bits per heavy atom. The van der Waals surface area contributed by atoms with E-state index in [-0.39, 0.29) is 11.6 Å².